The van der Waals surface area contributed by atoms with Gasteiger partial charge in [-0.3, -0.25) is 0 Å². The summed E-state index contributed by atoms with van der Waals surface area (Å²) in [4.78, 5) is 0. The molecular formula is C12H21N3O. The number of hydrogen-bond acceptors (Lipinski definition) is 4. The van der Waals surface area contributed by atoms with Crippen molar-refractivity contribution in [3.8, 4) is 0 Å². The Labute approximate surface area is 96.8 Å². The average Bonchev–Trinajstić information content (AvgIpc) is 2.91. The summed E-state index contributed by atoms with van der Waals surface area (Å²) in [6.07, 6.45) is 7.48. The van der Waals surface area contributed by atoms with E-state index in [0.29, 0.717) is 6.54 Å². The molecule has 1 aromatic rings. The molecule has 0 spiro atoms. The highest BCUT2D eigenvalue weighted by molar-refractivity contribution is 4.85. The van der Waals surface area contributed by atoms with Gasteiger partial charge in [0.25, 0.3) is 0 Å². The van der Waals surface area contributed by atoms with E-state index in [1.165, 1.54) is 25.7 Å². The highest BCUT2D eigenvalue weighted by atomic mass is 16.4. The standard InChI is InChI=1S/C12H21N3O/c1-2-7-13-9-12-15-14-11(16-12)8-10-5-3-4-6-10/h10,13H,2-9H2,1H3. The lowest BCUT2D eigenvalue weighted by atomic mass is 10.0. The number of rotatable bonds is 6. The molecule has 2 rings (SSSR count). The Bertz CT molecular complexity index is 305. The molecule has 0 aliphatic heterocycles. The van der Waals surface area contributed by atoms with Crippen LogP contribution in [-0.2, 0) is 13.0 Å². The number of nitrogens with zero attached hydrogens (tertiary/aromatic N) is 2. The number of aromatic nitrogens is 2. The van der Waals surface area contributed by atoms with Crippen molar-refractivity contribution in [1.82, 2.24) is 15.5 Å². The Balaban J connectivity index is 1.77. The van der Waals surface area contributed by atoms with Gasteiger partial charge < -0.3 is 9.73 Å². The third kappa shape index (κ3) is 3.30. The van der Waals surface area contributed by atoms with Crippen LogP contribution >= 0.6 is 0 Å². The molecular weight excluding hydrogens is 202 g/mol. The first-order valence-electron chi connectivity index (χ1n) is 6.40. The van der Waals surface area contributed by atoms with Crippen LogP contribution in [0, 0.1) is 5.92 Å². The Hall–Kier alpha value is -0.900. The molecule has 1 saturated carbocycles. The lowest BCUT2D eigenvalue weighted by Crippen LogP contribution is -2.13. The largest absolute Gasteiger partial charge is 0.424 e. The van der Waals surface area contributed by atoms with E-state index in [1.54, 1.807) is 0 Å². The van der Waals surface area contributed by atoms with Crippen molar-refractivity contribution < 1.29 is 4.42 Å². The summed E-state index contributed by atoms with van der Waals surface area (Å²) in [5.74, 6) is 2.32. The maximum absolute atomic E-state index is 5.61. The van der Waals surface area contributed by atoms with Crippen molar-refractivity contribution in [3.05, 3.63) is 11.8 Å². The van der Waals surface area contributed by atoms with E-state index < -0.39 is 0 Å². The molecule has 1 aliphatic rings. The molecule has 0 amide bonds. The minimum Gasteiger partial charge on any atom is -0.424 e. The van der Waals surface area contributed by atoms with E-state index in [4.69, 9.17) is 4.42 Å². The van der Waals surface area contributed by atoms with Crippen molar-refractivity contribution in [2.45, 2.75) is 52.0 Å². The molecule has 1 aliphatic carbocycles. The van der Waals surface area contributed by atoms with Gasteiger partial charge in [-0.25, -0.2) is 0 Å². The predicted octanol–water partition coefficient (Wildman–Crippen LogP) is 2.30. The van der Waals surface area contributed by atoms with Crippen LogP contribution in [-0.4, -0.2) is 16.7 Å². The van der Waals surface area contributed by atoms with E-state index in [-0.39, 0.29) is 0 Å². The normalized spacial score (nSPS) is 17.1. The molecule has 1 heterocycles. The zero-order chi connectivity index (χ0) is 11.2. The van der Waals surface area contributed by atoms with Crippen molar-refractivity contribution >= 4 is 0 Å². The Morgan fingerprint density at radius 1 is 1.25 bits per heavy atom. The molecule has 1 aromatic heterocycles. The smallest absolute Gasteiger partial charge is 0.230 e. The van der Waals surface area contributed by atoms with Gasteiger partial charge in [-0.15, -0.1) is 10.2 Å². The van der Waals surface area contributed by atoms with Gasteiger partial charge >= 0.3 is 0 Å². The van der Waals surface area contributed by atoms with Crippen LogP contribution in [0.25, 0.3) is 0 Å². The summed E-state index contributed by atoms with van der Waals surface area (Å²) < 4.78 is 5.61. The molecule has 0 aromatic carbocycles. The third-order valence-corrected chi connectivity index (χ3v) is 3.15. The second-order valence-corrected chi connectivity index (χ2v) is 4.62. The van der Waals surface area contributed by atoms with Crippen molar-refractivity contribution in [2.24, 2.45) is 5.92 Å². The summed E-state index contributed by atoms with van der Waals surface area (Å²) in [6.45, 7) is 3.85. The van der Waals surface area contributed by atoms with E-state index >= 15 is 0 Å². The second-order valence-electron chi connectivity index (χ2n) is 4.62. The van der Waals surface area contributed by atoms with Crippen LogP contribution in [0.4, 0.5) is 0 Å². The van der Waals surface area contributed by atoms with E-state index in [9.17, 15) is 0 Å². The molecule has 1 fully saturated rings. The lowest BCUT2D eigenvalue weighted by molar-refractivity contribution is 0.398. The highest BCUT2D eigenvalue weighted by Crippen LogP contribution is 2.27. The fraction of sp³-hybridized carbons (Fsp3) is 0.833. The topological polar surface area (TPSA) is 51.0 Å². The third-order valence-electron chi connectivity index (χ3n) is 3.15. The SMILES string of the molecule is CCCNCc1nnc(CC2CCCC2)o1. The van der Waals surface area contributed by atoms with Gasteiger partial charge in [0.2, 0.25) is 11.8 Å². The molecule has 0 radical (unpaired) electrons. The van der Waals surface area contributed by atoms with Gasteiger partial charge in [0.05, 0.1) is 6.54 Å². The second kappa shape index (κ2) is 5.99. The van der Waals surface area contributed by atoms with Crippen LogP contribution in [0.2, 0.25) is 0 Å². The Kier molecular flexibility index (Phi) is 4.34. The van der Waals surface area contributed by atoms with Gasteiger partial charge in [0.1, 0.15) is 0 Å². The van der Waals surface area contributed by atoms with Crippen molar-refractivity contribution in [2.75, 3.05) is 6.54 Å². The summed E-state index contributed by atoms with van der Waals surface area (Å²) >= 11 is 0. The van der Waals surface area contributed by atoms with Gasteiger partial charge in [-0.1, -0.05) is 19.8 Å². The van der Waals surface area contributed by atoms with Crippen molar-refractivity contribution in [1.29, 1.82) is 0 Å². The predicted molar refractivity (Wildman–Crippen MR) is 62.0 cm³/mol. The Morgan fingerprint density at radius 3 is 2.75 bits per heavy atom. The average molecular weight is 223 g/mol. The van der Waals surface area contributed by atoms with Crippen molar-refractivity contribution in [3.63, 3.8) is 0 Å². The van der Waals surface area contributed by atoms with Gasteiger partial charge in [-0.2, -0.15) is 0 Å². The maximum Gasteiger partial charge on any atom is 0.230 e. The number of hydrogen-bond donors (Lipinski definition) is 1. The first-order chi connectivity index (χ1) is 7.88. The first kappa shape index (κ1) is 11.6. The molecule has 0 bridgehead atoms. The molecule has 16 heavy (non-hydrogen) atoms. The van der Waals surface area contributed by atoms with Gasteiger partial charge in [0, 0.05) is 6.42 Å². The summed E-state index contributed by atoms with van der Waals surface area (Å²) in [5, 5.41) is 11.4. The maximum atomic E-state index is 5.61. The first-order valence-corrected chi connectivity index (χ1v) is 6.40. The van der Waals surface area contributed by atoms with Gasteiger partial charge in [0.15, 0.2) is 0 Å². The van der Waals surface area contributed by atoms with Crippen LogP contribution in [0.3, 0.4) is 0 Å². The molecule has 4 nitrogen and oxygen atoms in total. The molecule has 4 heteroatoms. The summed E-state index contributed by atoms with van der Waals surface area (Å²) in [6, 6.07) is 0. The van der Waals surface area contributed by atoms with Crippen LogP contribution in [0.1, 0.15) is 50.8 Å². The van der Waals surface area contributed by atoms with Crippen LogP contribution in [0.15, 0.2) is 4.42 Å². The lowest BCUT2D eigenvalue weighted by Gasteiger charge is -2.03. The fourth-order valence-corrected chi connectivity index (χ4v) is 2.28. The Morgan fingerprint density at radius 2 is 2.00 bits per heavy atom. The monoisotopic (exact) mass is 223 g/mol. The molecule has 0 atom stereocenters. The zero-order valence-corrected chi connectivity index (χ0v) is 10.0. The fourth-order valence-electron chi connectivity index (χ4n) is 2.28. The van der Waals surface area contributed by atoms with E-state index in [0.717, 1.165) is 37.1 Å². The minimum absolute atomic E-state index is 0.700. The molecule has 1 N–H and O–H groups in total. The molecule has 0 saturated heterocycles. The summed E-state index contributed by atoms with van der Waals surface area (Å²) in [5.41, 5.74) is 0. The highest BCUT2D eigenvalue weighted by Gasteiger charge is 2.18. The van der Waals surface area contributed by atoms with Gasteiger partial charge in [-0.05, 0) is 31.7 Å². The van der Waals surface area contributed by atoms with Crippen LogP contribution < -0.4 is 5.32 Å². The minimum atomic E-state index is 0.700. The van der Waals surface area contributed by atoms with E-state index in [1.807, 2.05) is 0 Å². The molecule has 90 valence electrons. The summed E-state index contributed by atoms with van der Waals surface area (Å²) in [7, 11) is 0. The number of nitrogens with one attached hydrogen (secondary N) is 1. The molecule has 0 unspecified atom stereocenters. The van der Waals surface area contributed by atoms with E-state index in [2.05, 4.69) is 22.4 Å². The van der Waals surface area contributed by atoms with Crippen LogP contribution in [0.5, 0.6) is 0 Å². The quantitative estimate of drug-likeness (QED) is 0.752. The zero-order valence-electron chi connectivity index (χ0n) is 10.0.